The Balaban J connectivity index is 1.43. The van der Waals surface area contributed by atoms with Crippen molar-refractivity contribution in [2.24, 2.45) is 7.05 Å². The minimum atomic E-state index is -0.0441. The Morgan fingerprint density at radius 2 is 1.97 bits per heavy atom. The van der Waals surface area contributed by atoms with Crippen LogP contribution in [0.5, 0.6) is 11.8 Å². The second-order valence-corrected chi connectivity index (χ2v) is 9.29. The molecule has 0 bridgehead atoms. The smallest absolute Gasteiger partial charge is 0.318 e. The number of Topliss-reactive ketones (excluding diaryl/α,β-unsaturated/α-hetero) is 1. The summed E-state index contributed by atoms with van der Waals surface area (Å²) in [5.74, 6) is 2.07. The minimum absolute atomic E-state index is 0.0441. The van der Waals surface area contributed by atoms with E-state index in [4.69, 9.17) is 9.47 Å². The first-order chi connectivity index (χ1) is 18.9. The number of methoxy groups -OCH3 is 1. The molecule has 4 aromatic rings. The number of nitrogens with one attached hydrogen (secondary N) is 2. The molecule has 0 spiro atoms. The van der Waals surface area contributed by atoms with E-state index < -0.39 is 0 Å². The van der Waals surface area contributed by atoms with E-state index in [1.807, 2.05) is 25.1 Å². The second-order valence-electron chi connectivity index (χ2n) is 9.29. The molecule has 1 aromatic carbocycles. The molecule has 1 atom stereocenters. The highest BCUT2D eigenvalue weighted by Gasteiger charge is 2.22. The van der Waals surface area contributed by atoms with Crippen LogP contribution in [0, 0.1) is 0 Å². The molecule has 12 nitrogen and oxygen atoms in total. The summed E-state index contributed by atoms with van der Waals surface area (Å²) in [6, 6.07) is 9.44. The summed E-state index contributed by atoms with van der Waals surface area (Å²) >= 11 is 0. The molecule has 3 aromatic heterocycles. The Kier molecular flexibility index (Phi) is 7.64. The first-order valence-corrected chi connectivity index (χ1v) is 12.7. The quantitative estimate of drug-likeness (QED) is 0.290. The van der Waals surface area contributed by atoms with Gasteiger partial charge in [0.25, 0.3) is 0 Å². The highest BCUT2D eigenvalue weighted by molar-refractivity contribution is 6.02. The van der Waals surface area contributed by atoms with Gasteiger partial charge in [0.15, 0.2) is 17.4 Å². The van der Waals surface area contributed by atoms with Crippen LogP contribution in [-0.2, 0) is 7.05 Å². The summed E-state index contributed by atoms with van der Waals surface area (Å²) in [7, 11) is 5.45. The molecule has 1 fully saturated rings. The Bertz CT molecular complexity index is 1470. The predicted octanol–water partition coefficient (Wildman–Crippen LogP) is 3.84. The van der Waals surface area contributed by atoms with Gasteiger partial charge in [-0.25, -0.2) is 15.0 Å². The van der Waals surface area contributed by atoms with Crippen molar-refractivity contribution in [2.75, 3.05) is 37.9 Å². The van der Waals surface area contributed by atoms with Crippen molar-refractivity contribution in [3.8, 4) is 23.1 Å². The van der Waals surface area contributed by atoms with Crippen molar-refractivity contribution in [3.05, 3.63) is 54.6 Å². The molecule has 1 aliphatic rings. The van der Waals surface area contributed by atoms with E-state index in [-0.39, 0.29) is 11.9 Å². The number of rotatable bonds is 10. The van der Waals surface area contributed by atoms with Gasteiger partial charge in [0.1, 0.15) is 24.1 Å². The molecule has 202 valence electrons. The molecular weight excluding hydrogens is 498 g/mol. The first-order valence-electron chi connectivity index (χ1n) is 12.7. The zero-order valence-electron chi connectivity index (χ0n) is 22.4. The maximum atomic E-state index is 12.8. The highest BCUT2D eigenvalue weighted by atomic mass is 16.5. The Morgan fingerprint density at radius 3 is 2.69 bits per heavy atom. The van der Waals surface area contributed by atoms with Crippen LogP contribution < -0.4 is 20.1 Å². The normalized spacial score (nSPS) is 15.2. The standard InChI is InChI=1S/C27H31N9O3/c1-5-22(37)19-14-29-24(32-23-9-11-28-27(33-23)39-17-10-12-35(2)15-17)13-21(19)31-20-8-6-7-18(25(20)38-4)26-30-16-36(3)34-26/h6-9,11,13-14,16-17H,5,10,12,15H2,1-4H3,(H2,28,29,31,32,33)/t17-/m0/s1. The number of ketones is 1. The number of ether oxygens (including phenoxy) is 2. The maximum absolute atomic E-state index is 12.8. The van der Waals surface area contributed by atoms with Crippen molar-refractivity contribution in [1.82, 2.24) is 34.6 Å². The fraction of sp³-hybridized carbons (Fsp3) is 0.333. The molecule has 0 saturated carbocycles. The monoisotopic (exact) mass is 529 g/mol. The lowest BCUT2D eigenvalue weighted by Crippen LogP contribution is -2.22. The molecule has 1 aliphatic heterocycles. The summed E-state index contributed by atoms with van der Waals surface area (Å²) in [5.41, 5.74) is 2.41. The first kappa shape index (κ1) is 26.0. The molecule has 4 heterocycles. The van der Waals surface area contributed by atoms with E-state index in [2.05, 4.69) is 47.6 Å². The Labute approximate surface area is 226 Å². The van der Waals surface area contributed by atoms with Crippen LogP contribution in [0.2, 0.25) is 0 Å². The van der Waals surface area contributed by atoms with Crippen LogP contribution in [0.25, 0.3) is 11.4 Å². The van der Waals surface area contributed by atoms with Gasteiger partial charge in [-0.2, -0.15) is 10.1 Å². The van der Waals surface area contributed by atoms with E-state index in [0.29, 0.717) is 52.6 Å². The molecule has 39 heavy (non-hydrogen) atoms. The number of pyridine rings is 1. The van der Waals surface area contributed by atoms with Gasteiger partial charge in [-0.05, 0) is 31.7 Å². The van der Waals surface area contributed by atoms with E-state index >= 15 is 0 Å². The van der Waals surface area contributed by atoms with Crippen LogP contribution in [0.4, 0.5) is 23.0 Å². The summed E-state index contributed by atoms with van der Waals surface area (Å²) in [6.07, 6.45) is 6.15. The van der Waals surface area contributed by atoms with Gasteiger partial charge in [-0.1, -0.05) is 13.0 Å². The van der Waals surface area contributed by atoms with Gasteiger partial charge in [0.05, 0.1) is 29.6 Å². The number of nitrogens with zero attached hydrogens (tertiary/aromatic N) is 7. The minimum Gasteiger partial charge on any atom is -0.494 e. The summed E-state index contributed by atoms with van der Waals surface area (Å²) in [6.45, 7) is 3.64. The lowest BCUT2D eigenvalue weighted by molar-refractivity contribution is 0.0988. The van der Waals surface area contributed by atoms with Gasteiger partial charge < -0.3 is 25.0 Å². The number of likely N-dealkylation sites (tertiary alicyclic amines) is 1. The number of benzene rings is 1. The van der Waals surface area contributed by atoms with Gasteiger partial charge in [-0.3, -0.25) is 9.48 Å². The third kappa shape index (κ3) is 5.96. The van der Waals surface area contributed by atoms with Crippen LogP contribution in [0.15, 0.2) is 49.1 Å². The molecule has 0 unspecified atom stereocenters. The number of hydrogen-bond donors (Lipinski definition) is 2. The average molecular weight is 530 g/mol. The van der Waals surface area contributed by atoms with Crippen molar-refractivity contribution in [1.29, 1.82) is 0 Å². The topological polar surface area (TPSA) is 132 Å². The molecule has 0 aliphatic carbocycles. The number of carbonyl (C=O) groups excluding carboxylic acids is 1. The van der Waals surface area contributed by atoms with Crippen LogP contribution >= 0.6 is 0 Å². The summed E-state index contributed by atoms with van der Waals surface area (Å²) in [5, 5.41) is 11.0. The molecule has 12 heteroatoms. The van der Waals surface area contributed by atoms with Gasteiger partial charge in [-0.15, -0.1) is 0 Å². The van der Waals surface area contributed by atoms with E-state index in [1.54, 1.807) is 49.7 Å². The molecule has 2 N–H and O–H groups in total. The van der Waals surface area contributed by atoms with Crippen molar-refractivity contribution in [2.45, 2.75) is 25.9 Å². The largest absolute Gasteiger partial charge is 0.494 e. The van der Waals surface area contributed by atoms with E-state index in [9.17, 15) is 4.79 Å². The molecule has 0 radical (unpaired) electrons. The van der Waals surface area contributed by atoms with E-state index in [0.717, 1.165) is 25.1 Å². The predicted molar refractivity (Wildman–Crippen MR) is 147 cm³/mol. The lowest BCUT2D eigenvalue weighted by Gasteiger charge is -2.17. The number of aromatic nitrogens is 6. The van der Waals surface area contributed by atoms with Crippen molar-refractivity contribution >= 4 is 28.8 Å². The van der Waals surface area contributed by atoms with Gasteiger partial charge in [0.2, 0.25) is 0 Å². The van der Waals surface area contributed by atoms with E-state index in [1.165, 1.54) is 0 Å². The van der Waals surface area contributed by atoms with Crippen LogP contribution in [0.3, 0.4) is 0 Å². The molecule has 5 rings (SSSR count). The Hall–Kier alpha value is -4.58. The SMILES string of the molecule is CCC(=O)c1cnc(Nc2ccnc(O[C@H]3CCN(C)C3)n2)cc1Nc1cccc(-c2ncn(C)n2)c1OC. The molecule has 1 saturated heterocycles. The average Bonchev–Trinajstić information content (AvgIpc) is 3.56. The third-order valence-corrected chi connectivity index (χ3v) is 6.36. The van der Waals surface area contributed by atoms with Gasteiger partial charge in [0, 0.05) is 45.0 Å². The number of hydrogen-bond acceptors (Lipinski definition) is 11. The zero-order chi connectivity index (χ0) is 27.4. The van der Waals surface area contributed by atoms with Crippen LogP contribution in [0.1, 0.15) is 30.1 Å². The number of likely N-dealkylation sites (N-methyl/N-ethyl adjacent to an activating group) is 1. The fourth-order valence-electron chi connectivity index (χ4n) is 4.42. The zero-order valence-corrected chi connectivity index (χ0v) is 22.4. The number of para-hydroxylation sites is 1. The fourth-order valence-corrected chi connectivity index (χ4v) is 4.42. The lowest BCUT2D eigenvalue weighted by atomic mass is 10.1. The van der Waals surface area contributed by atoms with Crippen molar-refractivity contribution < 1.29 is 14.3 Å². The Morgan fingerprint density at radius 1 is 1.10 bits per heavy atom. The van der Waals surface area contributed by atoms with Crippen molar-refractivity contribution in [3.63, 3.8) is 0 Å². The molecule has 0 amide bonds. The number of anilines is 4. The van der Waals surface area contributed by atoms with Crippen LogP contribution in [-0.4, -0.2) is 73.8 Å². The molecular formula is C27H31N9O3. The second kappa shape index (κ2) is 11.4. The number of aryl methyl sites for hydroxylation is 1. The number of carbonyl (C=O) groups is 1. The summed E-state index contributed by atoms with van der Waals surface area (Å²) in [4.78, 5) is 32.5. The summed E-state index contributed by atoms with van der Waals surface area (Å²) < 4.78 is 13.3. The highest BCUT2D eigenvalue weighted by Crippen LogP contribution is 2.37. The third-order valence-electron chi connectivity index (χ3n) is 6.36. The van der Waals surface area contributed by atoms with Gasteiger partial charge >= 0.3 is 6.01 Å². The maximum Gasteiger partial charge on any atom is 0.318 e.